The van der Waals surface area contributed by atoms with Crippen molar-refractivity contribution < 1.29 is 22.0 Å². The molecule has 24 heavy (non-hydrogen) atoms. The quantitative estimate of drug-likeness (QED) is 0.798. The summed E-state index contributed by atoms with van der Waals surface area (Å²) < 4.78 is 35.1. The summed E-state index contributed by atoms with van der Waals surface area (Å²) >= 11 is 1.54. The highest BCUT2D eigenvalue weighted by Crippen LogP contribution is 2.45. The van der Waals surface area contributed by atoms with Crippen LogP contribution in [0.4, 0.5) is 4.79 Å². The fraction of sp³-hybridized carbons (Fsp3) is 0.769. The molecule has 4 rings (SSSR count). The van der Waals surface area contributed by atoms with Crippen molar-refractivity contribution in [2.45, 2.75) is 50.6 Å². The molecule has 3 fully saturated rings. The van der Waals surface area contributed by atoms with Gasteiger partial charge in [0.15, 0.2) is 0 Å². The highest BCUT2D eigenvalue weighted by molar-refractivity contribution is 7.80. The molecule has 0 unspecified atom stereocenters. The van der Waals surface area contributed by atoms with Gasteiger partial charge in [0, 0.05) is 12.5 Å². The lowest BCUT2D eigenvalue weighted by atomic mass is 9.77. The molecular weight excluding hydrogens is 356 g/mol. The van der Waals surface area contributed by atoms with Gasteiger partial charge in [0.05, 0.1) is 12.1 Å². The molecule has 3 heterocycles. The van der Waals surface area contributed by atoms with Crippen LogP contribution < -0.4 is 0 Å². The van der Waals surface area contributed by atoms with E-state index in [-0.39, 0.29) is 12.1 Å². The van der Waals surface area contributed by atoms with Crippen LogP contribution in [0.2, 0.25) is 0 Å². The van der Waals surface area contributed by atoms with Crippen molar-refractivity contribution in [3.8, 4) is 0 Å². The molecule has 11 heteroatoms. The second-order valence-electron chi connectivity index (χ2n) is 6.76. The number of carbonyl (C=O) groups excluding carboxylic acids is 1. The van der Waals surface area contributed by atoms with Gasteiger partial charge in [-0.1, -0.05) is 18.3 Å². The minimum Gasteiger partial charge on any atom is -0.311 e. The lowest BCUT2D eigenvalue weighted by molar-refractivity contribution is -0.0317. The molecule has 2 bridgehead atoms. The van der Waals surface area contributed by atoms with Crippen molar-refractivity contribution in [2.24, 2.45) is 5.92 Å². The molecule has 3 aliphatic rings. The largest absolute Gasteiger partial charge is 0.418 e. The Morgan fingerprint density at radius 1 is 1.25 bits per heavy atom. The predicted molar refractivity (Wildman–Crippen MR) is 83.4 cm³/mol. The summed E-state index contributed by atoms with van der Waals surface area (Å²) in [5.74, 6) is 1.19. The van der Waals surface area contributed by atoms with Gasteiger partial charge >= 0.3 is 16.4 Å². The molecule has 2 saturated heterocycles. The molecule has 2 atom stereocenters. The van der Waals surface area contributed by atoms with E-state index in [1.165, 1.54) is 11.3 Å². The van der Waals surface area contributed by atoms with E-state index in [0.29, 0.717) is 25.3 Å². The molecule has 1 N–H and O–H groups in total. The molecule has 0 aromatic carbocycles. The zero-order valence-corrected chi connectivity index (χ0v) is 14.7. The van der Waals surface area contributed by atoms with Crippen LogP contribution >= 0.6 is 11.3 Å². The van der Waals surface area contributed by atoms with Gasteiger partial charge in [-0.2, -0.15) is 13.5 Å². The third-order valence-corrected chi connectivity index (χ3v) is 6.50. The Balaban J connectivity index is 1.51. The maximum atomic E-state index is 12.4. The molecule has 2 aliphatic heterocycles. The first-order chi connectivity index (χ1) is 11.3. The molecule has 132 valence electrons. The molecule has 1 saturated carbocycles. The van der Waals surface area contributed by atoms with E-state index in [2.05, 4.69) is 21.4 Å². The lowest BCUT2D eigenvalue weighted by Gasteiger charge is -2.30. The minimum atomic E-state index is -4.72. The van der Waals surface area contributed by atoms with E-state index in [1.807, 2.05) is 0 Å². The summed E-state index contributed by atoms with van der Waals surface area (Å²) in [6.45, 7) is 2.57. The SMILES string of the molecule is C[C@H]1C[C@H](c2nnc([C@@H]3CC[C@@H]4CN3C(=O)N4OS(=O)(=O)O)s2)C1. The van der Waals surface area contributed by atoms with Crippen LogP contribution in [0.25, 0.3) is 0 Å². The Morgan fingerprint density at radius 3 is 2.62 bits per heavy atom. The van der Waals surface area contributed by atoms with E-state index < -0.39 is 16.4 Å². The molecule has 9 nitrogen and oxygen atoms in total. The smallest absolute Gasteiger partial charge is 0.311 e. The highest BCUT2D eigenvalue weighted by Gasteiger charge is 2.48. The Hall–Kier alpha value is -1.30. The second kappa shape index (κ2) is 5.61. The fourth-order valence-electron chi connectivity index (χ4n) is 3.74. The van der Waals surface area contributed by atoms with Crippen LogP contribution in [0.3, 0.4) is 0 Å². The van der Waals surface area contributed by atoms with E-state index >= 15 is 0 Å². The summed E-state index contributed by atoms with van der Waals surface area (Å²) in [5, 5.41) is 11.1. The first kappa shape index (κ1) is 16.2. The normalized spacial score (nSPS) is 33.0. The first-order valence-electron chi connectivity index (χ1n) is 7.92. The van der Waals surface area contributed by atoms with Crippen molar-refractivity contribution in [1.29, 1.82) is 0 Å². The van der Waals surface area contributed by atoms with E-state index in [1.54, 1.807) is 4.90 Å². The standard InChI is InChI=1S/C13H18N4O5S2/c1-7-4-8(5-7)11-14-15-12(23-11)10-3-2-9-6-16(10)13(18)17(9)22-24(19,20)21/h7-10H,2-6H2,1H3,(H,19,20,21)/t7-,8-,9-,10+/m1/s1. The molecule has 1 aliphatic carbocycles. The Bertz CT molecular complexity index is 760. The number of nitrogens with zero attached hydrogens (tertiary/aromatic N) is 4. The summed E-state index contributed by atoms with van der Waals surface area (Å²) in [6, 6.07) is -1.16. The predicted octanol–water partition coefficient (Wildman–Crippen LogP) is 1.73. The Labute approximate surface area is 143 Å². The number of carbonyl (C=O) groups is 1. The van der Waals surface area contributed by atoms with Crippen LogP contribution in [0.1, 0.15) is 54.6 Å². The molecule has 2 amide bonds. The lowest BCUT2D eigenvalue weighted by Crippen LogP contribution is -2.35. The highest BCUT2D eigenvalue weighted by atomic mass is 32.3. The van der Waals surface area contributed by atoms with Gasteiger partial charge in [-0.3, -0.25) is 4.55 Å². The van der Waals surface area contributed by atoms with Crippen molar-refractivity contribution in [2.75, 3.05) is 6.54 Å². The summed E-state index contributed by atoms with van der Waals surface area (Å²) in [5.41, 5.74) is 0. The number of hydroxylamine groups is 2. The number of aromatic nitrogens is 2. The van der Waals surface area contributed by atoms with Crippen LogP contribution in [0.5, 0.6) is 0 Å². The fourth-order valence-corrected chi connectivity index (χ4v) is 5.24. The molecule has 1 aromatic heterocycles. The van der Waals surface area contributed by atoms with E-state index in [0.717, 1.165) is 33.8 Å². The topological polar surface area (TPSA) is 113 Å². The average Bonchev–Trinajstić information content (AvgIpc) is 3.04. The molecule has 1 aromatic rings. The number of rotatable bonds is 4. The van der Waals surface area contributed by atoms with Crippen LogP contribution in [-0.4, -0.2) is 51.7 Å². The van der Waals surface area contributed by atoms with Gasteiger partial charge in [0.1, 0.15) is 10.0 Å². The van der Waals surface area contributed by atoms with Gasteiger partial charge in [-0.05, 0) is 31.6 Å². The van der Waals surface area contributed by atoms with Crippen molar-refractivity contribution >= 4 is 27.8 Å². The van der Waals surface area contributed by atoms with Crippen LogP contribution in [0, 0.1) is 5.92 Å². The van der Waals surface area contributed by atoms with Crippen molar-refractivity contribution in [3.63, 3.8) is 0 Å². The number of urea groups is 1. The third kappa shape index (κ3) is 2.79. The third-order valence-electron chi connectivity index (χ3n) is 4.96. The zero-order chi connectivity index (χ0) is 17.1. The Morgan fingerprint density at radius 2 is 1.96 bits per heavy atom. The zero-order valence-electron chi connectivity index (χ0n) is 13.0. The summed E-state index contributed by atoms with van der Waals surface area (Å²) in [4.78, 5) is 14.0. The van der Waals surface area contributed by atoms with Crippen LogP contribution in [-0.2, 0) is 14.7 Å². The molecule has 0 radical (unpaired) electrons. The first-order valence-corrected chi connectivity index (χ1v) is 10.1. The number of amides is 2. The number of hydrogen-bond acceptors (Lipinski definition) is 7. The summed E-state index contributed by atoms with van der Waals surface area (Å²) in [7, 11) is -4.72. The van der Waals surface area contributed by atoms with Gasteiger partial charge in [-0.15, -0.1) is 14.5 Å². The monoisotopic (exact) mass is 374 g/mol. The van der Waals surface area contributed by atoms with Gasteiger partial charge in [0.2, 0.25) is 0 Å². The van der Waals surface area contributed by atoms with Crippen LogP contribution in [0.15, 0.2) is 0 Å². The van der Waals surface area contributed by atoms with E-state index in [9.17, 15) is 13.2 Å². The second-order valence-corrected chi connectivity index (χ2v) is 8.81. The maximum absolute atomic E-state index is 12.4. The Kier molecular flexibility index (Phi) is 3.79. The number of fused-ring (bicyclic) bond motifs is 2. The average molecular weight is 374 g/mol. The van der Waals surface area contributed by atoms with Gasteiger partial charge < -0.3 is 4.90 Å². The van der Waals surface area contributed by atoms with Crippen molar-refractivity contribution in [1.82, 2.24) is 20.2 Å². The number of hydrogen-bond donors (Lipinski definition) is 1. The van der Waals surface area contributed by atoms with Gasteiger partial charge in [0.25, 0.3) is 0 Å². The van der Waals surface area contributed by atoms with E-state index in [4.69, 9.17) is 4.55 Å². The maximum Gasteiger partial charge on any atom is 0.418 e. The van der Waals surface area contributed by atoms with Gasteiger partial charge in [-0.25, -0.2) is 4.79 Å². The molecular formula is C13H18N4O5S2. The number of piperidine rings is 1. The molecule has 0 spiro atoms. The summed E-state index contributed by atoms with van der Waals surface area (Å²) in [6.07, 6.45) is 3.50. The minimum absolute atomic E-state index is 0.215. The van der Waals surface area contributed by atoms with Crippen molar-refractivity contribution in [3.05, 3.63) is 10.0 Å².